The Balaban J connectivity index is 2.31. The van der Waals surface area contributed by atoms with Gasteiger partial charge in [0.05, 0.1) is 11.4 Å². The first-order valence-electron chi connectivity index (χ1n) is 4.95. The summed E-state index contributed by atoms with van der Waals surface area (Å²) in [7, 11) is 0. The number of hydrogen-bond acceptors (Lipinski definition) is 4. The first-order chi connectivity index (χ1) is 8.49. The number of nitrogens with one attached hydrogen (secondary N) is 1. The number of carbonyl (C=O) groups excluding carboxylic acids is 1. The van der Waals surface area contributed by atoms with Gasteiger partial charge >= 0.3 is 0 Å². The monoisotopic (exact) mass is 373 g/mol. The highest BCUT2D eigenvalue weighted by Crippen LogP contribution is 2.33. The number of amides is 1. The molecule has 0 atom stereocenters. The average molecular weight is 375 g/mol. The normalized spacial score (nSPS) is 10.4. The molecule has 0 saturated carbocycles. The van der Waals surface area contributed by atoms with Gasteiger partial charge in [-0.15, -0.1) is 0 Å². The fourth-order valence-corrected chi connectivity index (χ4v) is 2.82. The van der Waals surface area contributed by atoms with Crippen molar-refractivity contribution in [2.75, 3.05) is 11.1 Å². The first kappa shape index (κ1) is 13.1. The predicted molar refractivity (Wildman–Crippen MR) is 75.4 cm³/mol. The lowest BCUT2D eigenvalue weighted by atomic mass is 10.2. The minimum atomic E-state index is -0.365. The molecule has 0 spiro atoms. The number of hydrogen-bond donors (Lipinski definition) is 2. The average Bonchev–Trinajstić information content (AvgIpc) is 2.69. The van der Waals surface area contributed by atoms with E-state index in [1.54, 1.807) is 19.1 Å². The summed E-state index contributed by atoms with van der Waals surface area (Å²) in [4.78, 5) is 15.8. The van der Waals surface area contributed by atoms with E-state index in [-0.39, 0.29) is 11.7 Å². The molecule has 1 aromatic carbocycles. The van der Waals surface area contributed by atoms with Crippen molar-refractivity contribution in [2.45, 2.75) is 6.92 Å². The van der Waals surface area contributed by atoms with E-state index >= 15 is 0 Å². The third kappa shape index (κ3) is 2.56. The van der Waals surface area contributed by atoms with E-state index in [1.165, 1.54) is 6.39 Å². The number of anilines is 2. The SMILES string of the molecule is Cc1ncoc1C(=O)Nc1c(Br)cc(N)cc1Br. The van der Waals surface area contributed by atoms with Crippen LogP contribution in [0.15, 0.2) is 31.9 Å². The largest absolute Gasteiger partial charge is 0.438 e. The van der Waals surface area contributed by atoms with Gasteiger partial charge in [-0.25, -0.2) is 4.98 Å². The third-order valence-corrected chi connectivity index (χ3v) is 3.51. The second-order valence-corrected chi connectivity index (χ2v) is 5.29. The van der Waals surface area contributed by atoms with E-state index in [9.17, 15) is 4.79 Å². The standard InChI is InChI=1S/C11H9Br2N3O2/c1-5-10(18-4-15-5)11(17)16-9-7(12)2-6(14)3-8(9)13/h2-4H,14H2,1H3,(H,16,17). The van der Waals surface area contributed by atoms with E-state index in [0.29, 0.717) is 26.0 Å². The van der Waals surface area contributed by atoms with E-state index in [2.05, 4.69) is 42.2 Å². The lowest BCUT2D eigenvalue weighted by molar-refractivity contribution is 0.0995. The number of nitrogen functional groups attached to an aromatic ring is 1. The predicted octanol–water partition coefficient (Wildman–Crippen LogP) is 3.34. The summed E-state index contributed by atoms with van der Waals surface area (Å²) < 4.78 is 6.38. The maximum absolute atomic E-state index is 12.0. The van der Waals surface area contributed by atoms with Gasteiger partial charge in [-0.2, -0.15) is 0 Å². The second-order valence-electron chi connectivity index (χ2n) is 3.58. The molecule has 1 aromatic heterocycles. The Morgan fingerprint density at radius 3 is 2.50 bits per heavy atom. The van der Waals surface area contributed by atoms with Crippen LogP contribution in [0.4, 0.5) is 11.4 Å². The molecular formula is C11H9Br2N3O2. The van der Waals surface area contributed by atoms with Crippen LogP contribution in [0.1, 0.15) is 16.2 Å². The Bertz CT molecular complexity index is 587. The number of halogens is 2. The van der Waals surface area contributed by atoms with Crippen molar-refractivity contribution in [3.63, 3.8) is 0 Å². The highest BCUT2D eigenvalue weighted by molar-refractivity contribution is 9.11. The molecule has 3 N–H and O–H groups in total. The van der Waals surface area contributed by atoms with Gasteiger partial charge in [0.1, 0.15) is 0 Å². The van der Waals surface area contributed by atoms with Crippen molar-refractivity contribution in [1.82, 2.24) is 4.98 Å². The van der Waals surface area contributed by atoms with Crippen LogP contribution in [0.3, 0.4) is 0 Å². The number of nitrogens with zero attached hydrogens (tertiary/aromatic N) is 1. The van der Waals surface area contributed by atoms with Crippen molar-refractivity contribution < 1.29 is 9.21 Å². The van der Waals surface area contributed by atoms with Crippen molar-refractivity contribution in [2.24, 2.45) is 0 Å². The van der Waals surface area contributed by atoms with Crippen molar-refractivity contribution in [1.29, 1.82) is 0 Å². The summed E-state index contributed by atoms with van der Waals surface area (Å²) >= 11 is 6.67. The topological polar surface area (TPSA) is 81.2 Å². The van der Waals surface area contributed by atoms with Crippen molar-refractivity contribution in [3.05, 3.63) is 38.9 Å². The zero-order valence-corrected chi connectivity index (χ0v) is 12.5. The maximum Gasteiger partial charge on any atom is 0.293 e. The minimum absolute atomic E-state index is 0.186. The maximum atomic E-state index is 12.0. The molecule has 0 aliphatic rings. The van der Waals surface area contributed by atoms with Crippen LogP contribution in [-0.4, -0.2) is 10.9 Å². The molecule has 0 bridgehead atoms. The molecule has 0 saturated heterocycles. The summed E-state index contributed by atoms with van der Waals surface area (Å²) in [5.41, 5.74) is 7.39. The zero-order chi connectivity index (χ0) is 13.3. The second kappa shape index (κ2) is 5.11. The Hall–Kier alpha value is -1.34. The molecule has 2 aromatic rings. The van der Waals surface area contributed by atoms with Gasteiger partial charge < -0.3 is 15.5 Å². The van der Waals surface area contributed by atoms with E-state index in [0.717, 1.165) is 0 Å². The summed E-state index contributed by atoms with van der Waals surface area (Å²) in [6.07, 6.45) is 1.23. The van der Waals surface area contributed by atoms with E-state index < -0.39 is 0 Å². The van der Waals surface area contributed by atoms with Gasteiger partial charge in [-0.05, 0) is 50.9 Å². The van der Waals surface area contributed by atoms with Crippen LogP contribution in [-0.2, 0) is 0 Å². The summed E-state index contributed by atoms with van der Waals surface area (Å²) in [5.74, 6) is -0.179. The Morgan fingerprint density at radius 2 is 2.00 bits per heavy atom. The Kier molecular flexibility index (Phi) is 3.72. The highest BCUT2D eigenvalue weighted by atomic mass is 79.9. The molecule has 1 heterocycles. The lowest BCUT2D eigenvalue weighted by Gasteiger charge is -2.09. The number of carbonyl (C=O) groups is 1. The number of nitrogens with two attached hydrogens (primary N) is 1. The minimum Gasteiger partial charge on any atom is -0.438 e. The number of rotatable bonds is 2. The molecule has 1 amide bonds. The Labute approximate surface area is 120 Å². The van der Waals surface area contributed by atoms with Crippen LogP contribution in [0, 0.1) is 6.92 Å². The molecule has 0 radical (unpaired) electrons. The lowest BCUT2D eigenvalue weighted by Crippen LogP contribution is -2.13. The van der Waals surface area contributed by atoms with Gasteiger partial charge in [0.25, 0.3) is 5.91 Å². The molecule has 0 unspecified atom stereocenters. The van der Waals surface area contributed by atoms with Gasteiger partial charge in [0, 0.05) is 14.6 Å². The van der Waals surface area contributed by atoms with Crippen LogP contribution >= 0.6 is 31.9 Å². The van der Waals surface area contributed by atoms with Crippen LogP contribution in [0.5, 0.6) is 0 Å². The Morgan fingerprint density at radius 1 is 1.39 bits per heavy atom. The molecular weight excluding hydrogens is 366 g/mol. The van der Waals surface area contributed by atoms with Gasteiger partial charge in [0.15, 0.2) is 6.39 Å². The smallest absolute Gasteiger partial charge is 0.293 e. The van der Waals surface area contributed by atoms with E-state index in [1.807, 2.05) is 0 Å². The molecule has 0 aliphatic carbocycles. The fourth-order valence-electron chi connectivity index (χ4n) is 1.40. The zero-order valence-electron chi connectivity index (χ0n) is 9.33. The van der Waals surface area contributed by atoms with Gasteiger partial charge in [0.2, 0.25) is 5.76 Å². The molecule has 7 heteroatoms. The quantitative estimate of drug-likeness (QED) is 0.790. The molecule has 18 heavy (non-hydrogen) atoms. The number of aromatic nitrogens is 1. The summed E-state index contributed by atoms with van der Waals surface area (Å²) in [6.45, 7) is 1.70. The molecule has 94 valence electrons. The van der Waals surface area contributed by atoms with Crippen molar-refractivity contribution >= 4 is 49.1 Å². The van der Waals surface area contributed by atoms with Crippen LogP contribution in [0.2, 0.25) is 0 Å². The van der Waals surface area contributed by atoms with Crippen LogP contribution < -0.4 is 11.1 Å². The number of benzene rings is 1. The fraction of sp³-hybridized carbons (Fsp3) is 0.0909. The summed E-state index contributed by atoms with van der Waals surface area (Å²) in [6, 6.07) is 3.40. The molecule has 2 rings (SSSR count). The first-order valence-corrected chi connectivity index (χ1v) is 6.53. The number of aryl methyl sites for hydroxylation is 1. The van der Waals surface area contributed by atoms with Crippen LogP contribution in [0.25, 0.3) is 0 Å². The third-order valence-electron chi connectivity index (χ3n) is 2.25. The molecule has 5 nitrogen and oxygen atoms in total. The number of oxazole rings is 1. The summed E-state index contributed by atoms with van der Waals surface area (Å²) in [5, 5.41) is 2.73. The van der Waals surface area contributed by atoms with E-state index in [4.69, 9.17) is 10.2 Å². The molecule has 0 fully saturated rings. The van der Waals surface area contributed by atoms with Crippen molar-refractivity contribution in [3.8, 4) is 0 Å². The molecule has 0 aliphatic heterocycles. The van der Waals surface area contributed by atoms with Gasteiger partial charge in [-0.3, -0.25) is 4.79 Å². The highest BCUT2D eigenvalue weighted by Gasteiger charge is 2.17. The van der Waals surface area contributed by atoms with Gasteiger partial charge in [-0.1, -0.05) is 0 Å².